The molecule has 0 saturated carbocycles. The van der Waals surface area contributed by atoms with Gasteiger partial charge in [-0.1, -0.05) is 161 Å². The Morgan fingerprint density at radius 3 is 1.74 bits per heavy atom. The fraction of sp³-hybridized carbons (Fsp3) is 0.860. The molecule has 0 radical (unpaired) electrons. The summed E-state index contributed by atoms with van der Waals surface area (Å²) in [7, 11) is 0. The number of ether oxygens (including phenoxy) is 7. The summed E-state index contributed by atoms with van der Waals surface area (Å²) < 4.78 is 45.4. The Morgan fingerprint density at radius 2 is 1.12 bits per heavy atom. The van der Waals surface area contributed by atoms with Crippen LogP contribution in [0, 0.1) is 0 Å². The summed E-state index contributed by atoms with van der Waals surface area (Å²) in [4.78, 5) is 0. The molecule has 2 saturated heterocycles. The zero-order valence-electron chi connectivity index (χ0n) is 32.7. The quantitative estimate of drug-likeness (QED) is 0.0713. The van der Waals surface area contributed by atoms with Crippen molar-refractivity contribution in [1.82, 2.24) is 0 Å². The van der Waals surface area contributed by atoms with E-state index in [1.165, 1.54) is 83.5 Å². The number of hydrogen-bond acceptors (Lipinski definition) is 7. The first-order valence-electron chi connectivity index (χ1n) is 21.2. The van der Waals surface area contributed by atoms with E-state index in [0.29, 0.717) is 26.4 Å². The van der Waals surface area contributed by atoms with Crippen molar-refractivity contribution in [2.75, 3.05) is 33.0 Å². The van der Waals surface area contributed by atoms with Crippen molar-refractivity contribution < 1.29 is 33.2 Å². The molecule has 3 unspecified atom stereocenters. The summed E-state index contributed by atoms with van der Waals surface area (Å²) >= 11 is 0. The third-order valence-corrected chi connectivity index (χ3v) is 10.2. The predicted octanol–water partition coefficient (Wildman–Crippen LogP) is 11.3. The first-order valence-corrected chi connectivity index (χ1v) is 21.2. The molecule has 0 bridgehead atoms. The van der Waals surface area contributed by atoms with E-state index in [2.05, 4.69) is 27.7 Å². The van der Waals surface area contributed by atoms with E-state index >= 15 is 0 Å². The molecule has 2 fully saturated rings. The number of benzene rings is 1. The van der Waals surface area contributed by atoms with Crippen LogP contribution in [0.3, 0.4) is 0 Å². The van der Waals surface area contributed by atoms with Crippen LogP contribution in [0.15, 0.2) is 30.3 Å². The third kappa shape index (κ3) is 17.2. The van der Waals surface area contributed by atoms with Crippen molar-refractivity contribution in [1.29, 1.82) is 0 Å². The molecule has 50 heavy (non-hydrogen) atoms. The molecule has 7 nitrogen and oxygen atoms in total. The lowest BCUT2D eigenvalue weighted by atomic mass is 9.97. The van der Waals surface area contributed by atoms with Gasteiger partial charge < -0.3 is 33.2 Å². The Bertz CT molecular complexity index is 900. The van der Waals surface area contributed by atoms with Crippen molar-refractivity contribution in [3.05, 3.63) is 35.9 Å². The van der Waals surface area contributed by atoms with Gasteiger partial charge in [0, 0.05) is 25.4 Å². The van der Waals surface area contributed by atoms with Gasteiger partial charge in [0.1, 0.15) is 24.4 Å². The molecule has 0 aliphatic carbocycles. The van der Waals surface area contributed by atoms with Crippen LogP contribution in [0.4, 0.5) is 0 Å². The van der Waals surface area contributed by atoms with Crippen LogP contribution >= 0.6 is 0 Å². The lowest BCUT2D eigenvalue weighted by molar-refractivity contribution is -0.370. The number of fused-ring (bicyclic) bond motifs is 1. The van der Waals surface area contributed by atoms with Crippen LogP contribution < -0.4 is 0 Å². The molecule has 7 atom stereocenters. The minimum absolute atomic E-state index is 0.203. The Morgan fingerprint density at radius 1 is 0.560 bits per heavy atom. The Balaban J connectivity index is 1.50. The molecule has 7 heteroatoms. The average molecular weight is 705 g/mol. The monoisotopic (exact) mass is 705 g/mol. The van der Waals surface area contributed by atoms with Gasteiger partial charge in [0.05, 0.1) is 19.3 Å². The molecule has 1 aromatic carbocycles. The van der Waals surface area contributed by atoms with Crippen LogP contribution in [0.1, 0.15) is 174 Å². The van der Waals surface area contributed by atoms with Crippen molar-refractivity contribution in [2.24, 2.45) is 0 Å². The molecule has 1 aromatic rings. The molecule has 290 valence electrons. The summed E-state index contributed by atoms with van der Waals surface area (Å²) in [6.45, 7) is 12.0. The first-order chi connectivity index (χ1) is 24.7. The highest BCUT2D eigenvalue weighted by Crippen LogP contribution is 2.37. The molecule has 0 spiro atoms. The second-order valence-electron chi connectivity index (χ2n) is 14.6. The SMILES string of the molecule is CCCCCCCCCCCCCCC[C@H](CCO[C@H]1OC2COC(c3ccccc3)O[C@@H]2[C@H](OCCCC)C1OCCCC)OCCCC. The topological polar surface area (TPSA) is 64.6 Å². The van der Waals surface area contributed by atoms with Gasteiger partial charge in [0.25, 0.3) is 0 Å². The van der Waals surface area contributed by atoms with Gasteiger partial charge in [-0.2, -0.15) is 0 Å². The zero-order valence-corrected chi connectivity index (χ0v) is 32.7. The van der Waals surface area contributed by atoms with Gasteiger partial charge in [-0.25, -0.2) is 0 Å². The van der Waals surface area contributed by atoms with Gasteiger partial charge in [-0.3, -0.25) is 0 Å². The molecule has 2 aliphatic heterocycles. The highest BCUT2D eigenvalue weighted by atomic mass is 16.8. The first kappa shape index (κ1) is 43.3. The summed E-state index contributed by atoms with van der Waals surface area (Å²) in [5.41, 5.74) is 0.998. The van der Waals surface area contributed by atoms with Gasteiger partial charge in [0.15, 0.2) is 12.6 Å². The highest BCUT2D eigenvalue weighted by Gasteiger charge is 2.51. The maximum atomic E-state index is 6.60. The average Bonchev–Trinajstić information content (AvgIpc) is 3.14. The summed E-state index contributed by atoms with van der Waals surface area (Å²) in [5.74, 6) is 0. The van der Waals surface area contributed by atoms with Crippen molar-refractivity contribution in [3.8, 4) is 0 Å². The number of unbranched alkanes of at least 4 members (excludes halogenated alkanes) is 15. The van der Waals surface area contributed by atoms with Crippen LogP contribution in [0.5, 0.6) is 0 Å². The Kier molecular flexibility index (Phi) is 24.7. The molecule has 3 rings (SSSR count). The van der Waals surface area contributed by atoms with Crippen LogP contribution in [0.2, 0.25) is 0 Å². The fourth-order valence-corrected chi connectivity index (χ4v) is 6.96. The van der Waals surface area contributed by atoms with E-state index in [9.17, 15) is 0 Å². The van der Waals surface area contributed by atoms with Crippen molar-refractivity contribution in [3.63, 3.8) is 0 Å². The normalized spacial score (nSPS) is 24.3. The number of hydrogen-bond donors (Lipinski definition) is 0. The second-order valence-corrected chi connectivity index (χ2v) is 14.6. The largest absolute Gasteiger partial charge is 0.378 e. The second kappa shape index (κ2) is 28.4. The molecule has 2 aliphatic rings. The predicted molar refractivity (Wildman–Crippen MR) is 203 cm³/mol. The summed E-state index contributed by atoms with van der Waals surface area (Å²) in [6, 6.07) is 10.1. The van der Waals surface area contributed by atoms with Crippen LogP contribution in [-0.2, 0) is 33.2 Å². The zero-order chi connectivity index (χ0) is 35.5. The molecule has 0 N–H and O–H groups in total. The van der Waals surface area contributed by atoms with Gasteiger partial charge >= 0.3 is 0 Å². The smallest absolute Gasteiger partial charge is 0.186 e. The fourth-order valence-electron chi connectivity index (χ4n) is 6.96. The Labute approximate surface area is 307 Å². The minimum Gasteiger partial charge on any atom is -0.378 e. The van der Waals surface area contributed by atoms with E-state index in [1.54, 1.807) is 0 Å². The summed E-state index contributed by atoms with van der Waals surface area (Å²) in [6.07, 6.45) is 24.0. The summed E-state index contributed by atoms with van der Waals surface area (Å²) in [5, 5.41) is 0. The maximum Gasteiger partial charge on any atom is 0.186 e. The van der Waals surface area contributed by atoms with Crippen molar-refractivity contribution >= 4 is 0 Å². The lowest BCUT2D eigenvalue weighted by Gasteiger charge is -2.49. The minimum atomic E-state index is -0.548. The standard InChI is InChI=1S/C43H76O7/c1-5-9-13-14-15-16-17-18-19-20-21-22-26-29-37(44-31-10-6-2)30-34-47-43-41(46-33-12-8-4)40(45-32-11-7-3)39-38(49-43)35-48-42(50-39)36-27-24-23-25-28-36/h23-25,27-28,37-43H,5-22,26,29-35H2,1-4H3/t37-,38?,39+,40+,41?,42?,43+/m1/s1. The van der Waals surface area contributed by atoms with Gasteiger partial charge in [0.2, 0.25) is 0 Å². The molecule has 0 amide bonds. The Hall–Kier alpha value is -1.06. The molecular formula is C43H76O7. The lowest BCUT2D eigenvalue weighted by Crippen LogP contribution is -2.63. The van der Waals surface area contributed by atoms with E-state index in [-0.39, 0.29) is 30.5 Å². The van der Waals surface area contributed by atoms with Crippen LogP contribution in [0.25, 0.3) is 0 Å². The van der Waals surface area contributed by atoms with E-state index in [4.69, 9.17) is 33.2 Å². The molecule has 0 aromatic heterocycles. The van der Waals surface area contributed by atoms with Gasteiger partial charge in [-0.15, -0.1) is 0 Å². The highest BCUT2D eigenvalue weighted by molar-refractivity contribution is 5.16. The van der Waals surface area contributed by atoms with Crippen molar-refractivity contribution in [2.45, 2.75) is 206 Å². The number of rotatable bonds is 31. The van der Waals surface area contributed by atoms with E-state index in [1.807, 2.05) is 30.3 Å². The molecular weight excluding hydrogens is 628 g/mol. The maximum absolute atomic E-state index is 6.60. The van der Waals surface area contributed by atoms with E-state index < -0.39 is 12.6 Å². The van der Waals surface area contributed by atoms with Gasteiger partial charge in [-0.05, 0) is 32.1 Å². The van der Waals surface area contributed by atoms with E-state index in [0.717, 1.165) is 63.5 Å². The van der Waals surface area contributed by atoms with Crippen LogP contribution in [-0.4, -0.2) is 69.8 Å². The molecule has 2 heterocycles. The third-order valence-electron chi connectivity index (χ3n) is 10.2.